The van der Waals surface area contributed by atoms with Crippen molar-refractivity contribution in [2.24, 2.45) is 5.41 Å². The van der Waals surface area contributed by atoms with Crippen molar-refractivity contribution >= 4 is 5.91 Å². The molecule has 2 rings (SSSR count). The van der Waals surface area contributed by atoms with E-state index in [0.717, 1.165) is 58.0 Å². The quantitative estimate of drug-likeness (QED) is 0.810. The van der Waals surface area contributed by atoms with Gasteiger partial charge >= 0.3 is 0 Å². The molecule has 1 aliphatic carbocycles. The second-order valence-electron chi connectivity index (χ2n) is 5.81. The highest BCUT2D eigenvalue weighted by molar-refractivity contribution is 5.85. The van der Waals surface area contributed by atoms with Crippen LogP contribution in [0.15, 0.2) is 0 Å². The molecule has 100 valence electrons. The van der Waals surface area contributed by atoms with Crippen molar-refractivity contribution in [3.63, 3.8) is 0 Å². The number of hydrogen-bond donors (Lipinski definition) is 1. The number of amides is 1. The first-order chi connectivity index (χ1) is 8.66. The lowest BCUT2D eigenvalue weighted by Crippen LogP contribution is -2.49. The van der Waals surface area contributed by atoms with E-state index in [0.29, 0.717) is 0 Å². The van der Waals surface area contributed by atoms with Crippen LogP contribution in [0.2, 0.25) is 0 Å². The summed E-state index contributed by atoms with van der Waals surface area (Å²) >= 11 is 0. The third-order valence-electron chi connectivity index (χ3n) is 4.41. The Balaban J connectivity index is 1.92. The van der Waals surface area contributed by atoms with Crippen LogP contribution in [0.4, 0.5) is 0 Å². The molecular weight excluding hydrogens is 226 g/mol. The summed E-state index contributed by atoms with van der Waals surface area (Å²) in [5, 5.41) is 12.5. The summed E-state index contributed by atoms with van der Waals surface area (Å²) in [7, 11) is 2.11. The molecule has 1 aliphatic heterocycles. The molecule has 1 heterocycles. The Morgan fingerprint density at radius 2 is 1.89 bits per heavy atom. The molecule has 0 atom stereocenters. The number of hydrogen-bond acceptors (Lipinski definition) is 3. The van der Waals surface area contributed by atoms with E-state index in [1.807, 2.05) is 0 Å². The predicted octanol–water partition coefficient (Wildman–Crippen LogP) is 1.67. The molecule has 0 radical (unpaired) electrons. The third kappa shape index (κ3) is 2.84. The highest BCUT2D eigenvalue weighted by atomic mass is 16.2. The van der Waals surface area contributed by atoms with Gasteiger partial charge in [-0.3, -0.25) is 4.79 Å². The van der Waals surface area contributed by atoms with E-state index < -0.39 is 5.41 Å². The van der Waals surface area contributed by atoms with E-state index >= 15 is 0 Å². The summed E-state index contributed by atoms with van der Waals surface area (Å²) in [6, 6.07) is 2.56. The summed E-state index contributed by atoms with van der Waals surface area (Å²) in [6.45, 7) is 2.06. The van der Waals surface area contributed by atoms with Crippen molar-refractivity contribution in [3.8, 4) is 6.07 Å². The monoisotopic (exact) mass is 249 g/mol. The molecule has 0 bridgehead atoms. The summed E-state index contributed by atoms with van der Waals surface area (Å²) in [6.07, 6.45) is 6.66. The summed E-state index contributed by atoms with van der Waals surface area (Å²) < 4.78 is 0. The topological polar surface area (TPSA) is 56.1 Å². The second kappa shape index (κ2) is 5.71. The maximum absolute atomic E-state index is 12.4. The van der Waals surface area contributed by atoms with Crippen LogP contribution in [0, 0.1) is 16.7 Å². The highest BCUT2D eigenvalue weighted by Crippen LogP contribution is 2.36. The van der Waals surface area contributed by atoms with E-state index in [4.69, 9.17) is 0 Å². The molecule has 0 aromatic carbocycles. The zero-order chi connectivity index (χ0) is 13.0. The van der Waals surface area contributed by atoms with Gasteiger partial charge in [0.15, 0.2) is 0 Å². The van der Waals surface area contributed by atoms with E-state index in [2.05, 4.69) is 23.3 Å². The Morgan fingerprint density at radius 3 is 2.44 bits per heavy atom. The Bertz CT molecular complexity index is 333. The molecule has 1 saturated heterocycles. The van der Waals surface area contributed by atoms with Crippen LogP contribution in [0.3, 0.4) is 0 Å². The zero-order valence-corrected chi connectivity index (χ0v) is 11.2. The lowest BCUT2D eigenvalue weighted by Gasteiger charge is -2.34. The van der Waals surface area contributed by atoms with Gasteiger partial charge in [-0.25, -0.2) is 0 Å². The minimum atomic E-state index is -0.735. The maximum Gasteiger partial charge on any atom is 0.240 e. The fourth-order valence-corrected chi connectivity index (χ4v) is 3.02. The van der Waals surface area contributed by atoms with Crippen molar-refractivity contribution in [2.75, 3.05) is 20.1 Å². The second-order valence-corrected chi connectivity index (χ2v) is 5.81. The first-order valence-electron chi connectivity index (χ1n) is 7.07. The Morgan fingerprint density at radius 1 is 1.28 bits per heavy atom. The summed E-state index contributed by atoms with van der Waals surface area (Å²) in [4.78, 5) is 14.6. The SMILES string of the molecule is CN1CCC(NC(=O)C2(C#N)CCCCC2)CC1. The molecule has 1 saturated carbocycles. The maximum atomic E-state index is 12.4. The lowest BCUT2D eigenvalue weighted by molar-refractivity contribution is -0.130. The number of likely N-dealkylation sites (tertiary alicyclic amines) is 1. The molecule has 1 N–H and O–H groups in total. The van der Waals surface area contributed by atoms with Crippen molar-refractivity contribution < 1.29 is 4.79 Å². The van der Waals surface area contributed by atoms with Gasteiger partial charge in [0.1, 0.15) is 5.41 Å². The number of carbonyl (C=O) groups excluding carboxylic acids is 1. The Hall–Kier alpha value is -1.08. The fraction of sp³-hybridized carbons (Fsp3) is 0.857. The van der Waals surface area contributed by atoms with Crippen LogP contribution in [0.1, 0.15) is 44.9 Å². The molecule has 2 fully saturated rings. The summed E-state index contributed by atoms with van der Waals surface area (Å²) in [5.74, 6) is -0.0146. The molecule has 18 heavy (non-hydrogen) atoms. The molecular formula is C14H23N3O. The third-order valence-corrected chi connectivity index (χ3v) is 4.41. The molecule has 2 aliphatic rings. The van der Waals surface area contributed by atoms with Gasteiger partial charge in [0.2, 0.25) is 5.91 Å². The highest BCUT2D eigenvalue weighted by Gasteiger charge is 2.40. The van der Waals surface area contributed by atoms with Crippen molar-refractivity contribution in [2.45, 2.75) is 51.0 Å². The first-order valence-corrected chi connectivity index (χ1v) is 7.07. The van der Waals surface area contributed by atoms with Gasteiger partial charge in [-0.1, -0.05) is 19.3 Å². The molecule has 0 aromatic rings. The number of piperidine rings is 1. The van der Waals surface area contributed by atoms with Crippen LogP contribution in [-0.2, 0) is 4.79 Å². The van der Waals surface area contributed by atoms with E-state index in [9.17, 15) is 10.1 Å². The Labute approximate surface area is 109 Å². The number of nitrogens with zero attached hydrogens (tertiary/aromatic N) is 2. The average molecular weight is 249 g/mol. The van der Waals surface area contributed by atoms with Gasteiger partial charge in [0, 0.05) is 6.04 Å². The van der Waals surface area contributed by atoms with Crippen molar-refractivity contribution in [1.82, 2.24) is 10.2 Å². The zero-order valence-electron chi connectivity index (χ0n) is 11.2. The normalized spacial score (nSPS) is 25.3. The van der Waals surface area contributed by atoms with Gasteiger partial charge < -0.3 is 10.2 Å². The van der Waals surface area contributed by atoms with E-state index in [-0.39, 0.29) is 11.9 Å². The van der Waals surface area contributed by atoms with Crippen LogP contribution in [0.5, 0.6) is 0 Å². The van der Waals surface area contributed by atoms with Crippen LogP contribution in [-0.4, -0.2) is 37.0 Å². The number of carbonyl (C=O) groups is 1. The average Bonchev–Trinajstić information content (AvgIpc) is 2.42. The van der Waals surface area contributed by atoms with Crippen molar-refractivity contribution in [1.29, 1.82) is 5.26 Å². The Kier molecular flexibility index (Phi) is 4.23. The number of rotatable bonds is 2. The molecule has 1 amide bonds. The molecule has 4 nitrogen and oxygen atoms in total. The smallest absolute Gasteiger partial charge is 0.240 e. The molecule has 0 aromatic heterocycles. The van der Waals surface area contributed by atoms with Gasteiger partial charge in [-0.05, 0) is 45.8 Å². The van der Waals surface area contributed by atoms with Gasteiger partial charge in [0.25, 0.3) is 0 Å². The first kappa shape index (κ1) is 13.4. The minimum Gasteiger partial charge on any atom is -0.352 e. The van der Waals surface area contributed by atoms with Gasteiger partial charge in [-0.2, -0.15) is 5.26 Å². The lowest BCUT2D eigenvalue weighted by atomic mass is 9.74. The van der Waals surface area contributed by atoms with Crippen LogP contribution < -0.4 is 5.32 Å². The standard InChI is InChI=1S/C14H23N3O/c1-17-9-5-12(6-10-17)16-13(18)14(11-15)7-3-2-4-8-14/h12H,2-10H2,1H3,(H,16,18). The van der Waals surface area contributed by atoms with Gasteiger partial charge in [-0.15, -0.1) is 0 Å². The summed E-state index contributed by atoms with van der Waals surface area (Å²) in [5.41, 5.74) is -0.735. The number of nitriles is 1. The largest absolute Gasteiger partial charge is 0.352 e. The van der Waals surface area contributed by atoms with Crippen LogP contribution >= 0.6 is 0 Å². The van der Waals surface area contributed by atoms with Gasteiger partial charge in [0.05, 0.1) is 6.07 Å². The van der Waals surface area contributed by atoms with Crippen LogP contribution in [0.25, 0.3) is 0 Å². The van der Waals surface area contributed by atoms with E-state index in [1.165, 1.54) is 0 Å². The van der Waals surface area contributed by atoms with E-state index in [1.54, 1.807) is 0 Å². The predicted molar refractivity (Wildman–Crippen MR) is 69.8 cm³/mol. The molecule has 4 heteroatoms. The van der Waals surface area contributed by atoms with Crippen molar-refractivity contribution in [3.05, 3.63) is 0 Å². The molecule has 0 spiro atoms. The number of nitrogens with one attached hydrogen (secondary N) is 1. The fourth-order valence-electron chi connectivity index (χ4n) is 3.02. The molecule has 0 unspecified atom stereocenters. The minimum absolute atomic E-state index is 0.0146.